The number of fused-ring (bicyclic) bond motifs is 1. The maximum atomic E-state index is 13.0. The Morgan fingerprint density at radius 1 is 1.21 bits per heavy atom. The first-order valence-corrected chi connectivity index (χ1v) is 10.2. The van der Waals surface area contributed by atoms with E-state index in [4.69, 9.17) is 16.3 Å². The van der Waals surface area contributed by atoms with Crippen LogP contribution in [0.15, 0.2) is 65.2 Å². The van der Waals surface area contributed by atoms with Gasteiger partial charge >= 0.3 is 5.97 Å². The minimum atomic E-state index is -0.610. The van der Waals surface area contributed by atoms with E-state index in [1.807, 2.05) is 42.5 Å². The van der Waals surface area contributed by atoms with E-state index in [-0.39, 0.29) is 12.5 Å². The molecule has 2 heterocycles. The summed E-state index contributed by atoms with van der Waals surface area (Å²) >= 11 is 7.43. The number of esters is 1. The highest BCUT2D eigenvalue weighted by Gasteiger charge is 2.44. The van der Waals surface area contributed by atoms with E-state index >= 15 is 0 Å². The molecule has 1 amide bonds. The van der Waals surface area contributed by atoms with E-state index < -0.39 is 12.0 Å². The second-order valence-electron chi connectivity index (χ2n) is 6.25. The summed E-state index contributed by atoms with van der Waals surface area (Å²) in [5, 5.41) is 1.18. The third-order valence-electron chi connectivity index (χ3n) is 4.52. The molecule has 7 heteroatoms. The van der Waals surface area contributed by atoms with Gasteiger partial charge in [0.1, 0.15) is 0 Å². The molecule has 28 heavy (non-hydrogen) atoms. The SMILES string of the molecule is CCOC(=O)C1=C(c2ccccc2)N=C2SCC(=O)N2[C@@H]1c1ccc(Cl)cc1. The zero-order chi connectivity index (χ0) is 19.7. The van der Waals surface area contributed by atoms with Gasteiger partial charge in [-0.1, -0.05) is 65.8 Å². The fourth-order valence-corrected chi connectivity index (χ4v) is 4.34. The van der Waals surface area contributed by atoms with Gasteiger partial charge in [-0.2, -0.15) is 0 Å². The third kappa shape index (κ3) is 3.34. The lowest BCUT2D eigenvalue weighted by atomic mass is 9.92. The largest absolute Gasteiger partial charge is 0.463 e. The average Bonchev–Trinajstić information content (AvgIpc) is 3.09. The highest BCUT2D eigenvalue weighted by atomic mass is 35.5. The molecule has 0 aliphatic carbocycles. The molecule has 0 N–H and O–H groups in total. The predicted octanol–water partition coefficient (Wildman–Crippen LogP) is 4.30. The van der Waals surface area contributed by atoms with Gasteiger partial charge < -0.3 is 4.74 Å². The van der Waals surface area contributed by atoms with Crippen LogP contribution in [0.25, 0.3) is 5.70 Å². The number of ether oxygens (including phenoxy) is 1. The Morgan fingerprint density at radius 3 is 2.61 bits per heavy atom. The zero-order valence-electron chi connectivity index (χ0n) is 15.1. The third-order valence-corrected chi connectivity index (χ3v) is 5.71. The molecule has 0 saturated carbocycles. The predicted molar refractivity (Wildman–Crippen MR) is 111 cm³/mol. The summed E-state index contributed by atoms with van der Waals surface area (Å²) < 4.78 is 5.36. The molecule has 1 atom stereocenters. The summed E-state index contributed by atoms with van der Waals surface area (Å²) in [6.45, 7) is 1.99. The standard InChI is InChI=1S/C21H17ClN2O3S/c1-2-27-20(26)17-18(13-6-4-3-5-7-13)23-21-24(16(25)12-28-21)19(17)14-8-10-15(22)11-9-14/h3-11,19H,2,12H2,1H3/t19-/m1/s1. The maximum Gasteiger partial charge on any atom is 0.338 e. The van der Waals surface area contributed by atoms with Crippen LogP contribution in [0, 0.1) is 0 Å². The molecule has 0 bridgehead atoms. The van der Waals surface area contributed by atoms with Crippen LogP contribution in [0.1, 0.15) is 24.1 Å². The van der Waals surface area contributed by atoms with Crippen LogP contribution in [0.3, 0.4) is 0 Å². The van der Waals surface area contributed by atoms with Crippen LogP contribution in [0.5, 0.6) is 0 Å². The number of hydrogen-bond acceptors (Lipinski definition) is 5. The molecule has 2 aromatic rings. The zero-order valence-corrected chi connectivity index (χ0v) is 16.7. The van der Waals surface area contributed by atoms with E-state index in [1.54, 1.807) is 24.0 Å². The molecule has 0 radical (unpaired) electrons. The molecule has 2 aliphatic rings. The molecule has 4 rings (SSSR count). The molecule has 0 aromatic heterocycles. The van der Waals surface area contributed by atoms with Crippen LogP contribution in [0.4, 0.5) is 0 Å². The highest BCUT2D eigenvalue weighted by Crippen LogP contribution is 2.43. The number of halogens is 1. The summed E-state index contributed by atoms with van der Waals surface area (Å²) in [6.07, 6.45) is 0. The Bertz CT molecular complexity index is 986. The first-order chi connectivity index (χ1) is 13.6. The van der Waals surface area contributed by atoms with Gasteiger partial charge in [0.2, 0.25) is 5.91 Å². The summed E-state index contributed by atoms with van der Waals surface area (Å²) in [4.78, 5) is 31.9. The van der Waals surface area contributed by atoms with Gasteiger partial charge in [0.05, 0.1) is 29.7 Å². The van der Waals surface area contributed by atoms with Crippen molar-refractivity contribution in [1.29, 1.82) is 0 Å². The number of amidine groups is 1. The van der Waals surface area contributed by atoms with Crippen LogP contribution >= 0.6 is 23.4 Å². The van der Waals surface area contributed by atoms with E-state index in [9.17, 15) is 9.59 Å². The number of amides is 1. The minimum absolute atomic E-state index is 0.0855. The summed E-state index contributed by atoms with van der Waals surface area (Å²) in [6, 6.07) is 16.0. The number of carbonyl (C=O) groups is 2. The van der Waals surface area contributed by atoms with Crippen molar-refractivity contribution >= 4 is 46.1 Å². The fraction of sp³-hybridized carbons (Fsp3) is 0.190. The summed E-state index contributed by atoms with van der Waals surface area (Å²) in [5.41, 5.74) is 2.48. The van der Waals surface area contributed by atoms with Gasteiger partial charge in [0.25, 0.3) is 0 Å². The molecule has 0 spiro atoms. The average molecular weight is 413 g/mol. The minimum Gasteiger partial charge on any atom is -0.463 e. The number of carbonyl (C=O) groups excluding carboxylic acids is 2. The van der Waals surface area contributed by atoms with Gasteiger partial charge in [0.15, 0.2) is 5.17 Å². The van der Waals surface area contributed by atoms with Crippen molar-refractivity contribution in [3.8, 4) is 0 Å². The van der Waals surface area contributed by atoms with Crippen molar-refractivity contribution in [3.63, 3.8) is 0 Å². The lowest BCUT2D eigenvalue weighted by Gasteiger charge is -2.33. The monoisotopic (exact) mass is 412 g/mol. The van der Waals surface area contributed by atoms with Crippen LogP contribution in [0.2, 0.25) is 5.02 Å². The van der Waals surface area contributed by atoms with Crippen molar-refractivity contribution in [2.75, 3.05) is 12.4 Å². The Morgan fingerprint density at radius 2 is 1.93 bits per heavy atom. The lowest BCUT2D eigenvalue weighted by Crippen LogP contribution is -2.39. The number of benzene rings is 2. The first kappa shape index (κ1) is 18.8. The second-order valence-corrected chi connectivity index (χ2v) is 7.63. The lowest BCUT2D eigenvalue weighted by molar-refractivity contribution is -0.139. The highest BCUT2D eigenvalue weighted by molar-refractivity contribution is 8.15. The Kier molecular flexibility index (Phi) is 5.24. The Labute approximate surface area is 172 Å². The van der Waals surface area contributed by atoms with Crippen molar-refractivity contribution < 1.29 is 14.3 Å². The van der Waals surface area contributed by atoms with Crippen LogP contribution in [-0.2, 0) is 14.3 Å². The number of aliphatic imine (C=N–C) groups is 1. The van der Waals surface area contributed by atoms with E-state index in [0.717, 1.165) is 11.1 Å². The molecule has 2 aromatic carbocycles. The molecule has 5 nitrogen and oxygen atoms in total. The topological polar surface area (TPSA) is 59.0 Å². The van der Waals surface area contributed by atoms with E-state index in [2.05, 4.69) is 4.99 Å². The molecule has 2 aliphatic heterocycles. The second kappa shape index (κ2) is 7.81. The molecule has 1 fully saturated rings. The number of hydrogen-bond donors (Lipinski definition) is 0. The maximum absolute atomic E-state index is 13.0. The molecular formula is C21H17ClN2O3S. The molecule has 1 saturated heterocycles. The Hall–Kier alpha value is -2.57. The summed E-state index contributed by atoms with van der Waals surface area (Å²) in [5.74, 6) is -0.271. The van der Waals surface area contributed by atoms with Crippen molar-refractivity contribution in [1.82, 2.24) is 4.90 Å². The number of rotatable bonds is 4. The van der Waals surface area contributed by atoms with Crippen molar-refractivity contribution in [3.05, 3.63) is 76.3 Å². The van der Waals surface area contributed by atoms with Gasteiger partial charge in [-0.15, -0.1) is 0 Å². The number of nitrogens with zero attached hydrogens (tertiary/aromatic N) is 2. The van der Waals surface area contributed by atoms with Crippen molar-refractivity contribution in [2.24, 2.45) is 4.99 Å². The molecular weight excluding hydrogens is 396 g/mol. The quantitative estimate of drug-likeness (QED) is 0.702. The van der Waals surface area contributed by atoms with Crippen molar-refractivity contribution in [2.45, 2.75) is 13.0 Å². The van der Waals surface area contributed by atoms with Gasteiger partial charge in [0, 0.05) is 10.6 Å². The van der Waals surface area contributed by atoms with Crippen LogP contribution < -0.4 is 0 Å². The van der Waals surface area contributed by atoms with Gasteiger partial charge in [-0.05, 0) is 24.6 Å². The normalized spacial score (nSPS) is 18.8. The fourth-order valence-electron chi connectivity index (χ4n) is 3.32. The first-order valence-electron chi connectivity index (χ1n) is 8.86. The van der Waals surface area contributed by atoms with E-state index in [0.29, 0.717) is 27.2 Å². The van der Waals surface area contributed by atoms with Crippen LogP contribution in [-0.4, -0.2) is 34.3 Å². The number of thioether (sulfide) groups is 1. The molecule has 0 unspecified atom stereocenters. The van der Waals surface area contributed by atoms with Gasteiger partial charge in [-0.25, -0.2) is 9.79 Å². The van der Waals surface area contributed by atoms with Gasteiger partial charge in [-0.3, -0.25) is 9.69 Å². The molecule has 142 valence electrons. The van der Waals surface area contributed by atoms with E-state index in [1.165, 1.54) is 11.8 Å². The summed E-state index contributed by atoms with van der Waals surface area (Å²) in [7, 11) is 0. The Balaban J connectivity index is 1.96. The smallest absolute Gasteiger partial charge is 0.338 e.